The molecular formula is C52H96O12. The van der Waals surface area contributed by atoms with Gasteiger partial charge >= 0.3 is 30.0 Å². The summed E-state index contributed by atoms with van der Waals surface area (Å²) < 4.78 is 32.2. The van der Waals surface area contributed by atoms with Crippen molar-refractivity contribution in [2.45, 2.75) is 258 Å². The summed E-state index contributed by atoms with van der Waals surface area (Å²) in [6.45, 7) is 7.34. The molecule has 12 heteroatoms. The van der Waals surface area contributed by atoms with Crippen LogP contribution in [0.1, 0.15) is 252 Å². The zero-order valence-corrected chi connectivity index (χ0v) is 41.3. The van der Waals surface area contributed by atoms with Crippen molar-refractivity contribution in [3.05, 3.63) is 0 Å². The quantitative estimate of drug-likeness (QED) is 0.0350. The lowest BCUT2D eigenvalue weighted by molar-refractivity contribution is -0.150. The van der Waals surface area contributed by atoms with Gasteiger partial charge in [0.1, 0.15) is 19.8 Å². The van der Waals surface area contributed by atoms with Gasteiger partial charge in [-0.1, -0.05) is 175 Å². The minimum absolute atomic E-state index is 0.0299. The molecule has 0 aromatic rings. The number of aliphatic hydroxyl groups is 1. The Labute approximate surface area is 390 Å². The second-order valence-corrected chi connectivity index (χ2v) is 17.9. The average molecular weight is 913 g/mol. The number of esters is 4. The Hall–Kier alpha value is -2.89. The van der Waals surface area contributed by atoms with Crippen molar-refractivity contribution in [2.75, 3.05) is 39.6 Å². The first-order valence-corrected chi connectivity index (χ1v) is 26.3. The summed E-state index contributed by atoms with van der Waals surface area (Å²) in [6.07, 6.45) is 32.2. The average Bonchev–Trinajstić information content (AvgIpc) is 3.28. The van der Waals surface area contributed by atoms with E-state index < -0.39 is 18.2 Å². The van der Waals surface area contributed by atoms with Crippen LogP contribution in [0.15, 0.2) is 0 Å². The van der Waals surface area contributed by atoms with Gasteiger partial charge in [0.2, 0.25) is 0 Å². The lowest BCUT2D eigenvalue weighted by atomic mass is 10.1. The molecule has 0 aromatic carbocycles. The summed E-state index contributed by atoms with van der Waals surface area (Å²) in [4.78, 5) is 61.5. The molecule has 0 aliphatic heterocycles. The maximum Gasteiger partial charge on any atom is 0.508 e. The lowest BCUT2D eigenvalue weighted by Gasteiger charge is -2.17. The summed E-state index contributed by atoms with van der Waals surface area (Å²) in [5, 5.41) is 10.3. The number of rotatable bonds is 48. The van der Waals surface area contributed by atoms with E-state index in [2.05, 4.69) is 20.8 Å². The van der Waals surface area contributed by atoms with E-state index in [1.165, 1.54) is 70.6 Å². The fourth-order valence-corrected chi connectivity index (χ4v) is 7.29. The molecule has 0 radical (unpaired) electrons. The fourth-order valence-electron chi connectivity index (χ4n) is 7.29. The van der Waals surface area contributed by atoms with Crippen LogP contribution in [0.25, 0.3) is 0 Å². The number of hydrogen-bond acceptors (Lipinski definition) is 12. The van der Waals surface area contributed by atoms with E-state index in [4.69, 9.17) is 28.4 Å². The highest BCUT2D eigenvalue weighted by Gasteiger charge is 2.19. The molecule has 0 rings (SSSR count). The zero-order chi connectivity index (χ0) is 47.0. The van der Waals surface area contributed by atoms with Gasteiger partial charge in [-0.3, -0.25) is 19.2 Å². The van der Waals surface area contributed by atoms with Gasteiger partial charge in [0.15, 0.2) is 0 Å². The first-order chi connectivity index (χ1) is 31.2. The van der Waals surface area contributed by atoms with Crippen LogP contribution in [0.4, 0.5) is 4.79 Å². The summed E-state index contributed by atoms with van der Waals surface area (Å²) in [5.41, 5.74) is 0. The molecule has 0 spiro atoms. The highest BCUT2D eigenvalue weighted by Crippen LogP contribution is 2.15. The van der Waals surface area contributed by atoms with Crippen LogP contribution in [0.2, 0.25) is 0 Å². The molecule has 0 heterocycles. The molecule has 376 valence electrons. The molecule has 1 atom stereocenters. The molecule has 0 aliphatic carbocycles. The van der Waals surface area contributed by atoms with Gasteiger partial charge < -0.3 is 33.5 Å². The minimum atomic E-state index is -0.885. The van der Waals surface area contributed by atoms with Crippen molar-refractivity contribution in [3.8, 4) is 0 Å². The van der Waals surface area contributed by atoms with Gasteiger partial charge in [0, 0.05) is 32.1 Å². The van der Waals surface area contributed by atoms with Crippen molar-refractivity contribution in [1.82, 2.24) is 0 Å². The molecule has 0 fully saturated rings. The molecule has 0 saturated carbocycles. The maximum absolute atomic E-state index is 12.6. The highest BCUT2D eigenvalue weighted by atomic mass is 16.7. The van der Waals surface area contributed by atoms with Crippen LogP contribution in [-0.4, -0.2) is 80.9 Å². The summed E-state index contributed by atoms with van der Waals surface area (Å²) in [5.74, 6) is -1.52. The minimum Gasteiger partial charge on any atom is -0.466 e. The monoisotopic (exact) mass is 913 g/mol. The predicted molar refractivity (Wildman–Crippen MR) is 254 cm³/mol. The maximum atomic E-state index is 12.6. The third kappa shape index (κ3) is 45.7. The second kappa shape index (κ2) is 48.1. The van der Waals surface area contributed by atoms with Crippen LogP contribution in [0, 0.1) is 5.92 Å². The summed E-state index contributed by atoms with van der Waals surface area (Å²) in [7, 11) is 0. The number of carbonyl (C=O) groups is 5. The molecule has 0 amide bonds. The number of carbonyl (C=O) groups excluding carboxylic acids is 5. The van der Waals surface area contributed by atoms with Gasteiger partial charge in [-0.05, 0) is 44.9 Å². The molecule has 0 saturated heterocycles. The number of ether oxygens (including phenoxy) is 6. The number of unbranched alkanes of at least 4 members (excludes halogenated alkanes) is 25. The van der Waals surface area contributed by atoms with Crippen molar-refractivity contribution >= 4 is 30.0 Å². The largest absolute Gasteiger partial charge is 0.508 e. The van der Waals surface area contributed by atoms with Crippen molar-refractivity contribution in [3.63, 3.8) is 0 Å². The van der Waals surface area contributed by atoms with E-state index in [9.17, 15) is 29.1 Å². The van der Waals surface area contributed by atoms with Crippen LogP contribution >= 0.6 is 0 Å². The molecule has 64 heavy (non-hydrogen) atoms. The van der Waals surface area contributed by atoms with Gasteiger partial charge in [-0.2, -0.15) is 0 Å². The number of hydrogen-bond donors (Lipinski definition) is 1. The highest BCUT2D eigenvalue weighted by molar-refractivity contribution is 5.70. The zero-order valence-electron chi connectivity index (χ0n) is 41.3. The van der Waals surface area contributed by atoms with Crippen LogP contribution in [0.5, 0.6) is 0 Å². The van der Waals surface area contributed by atoms with Gasteiger partial charge in [-0.15, -0.1) is 0 Å². The van der Waals surface area contributed by atoms with Crippen LogP contribution in [0.3, 0.4) is 0 Å². The van der Waals surface area contributed by atoms with Gasteiger partial charge in [-0.25, -0.2) is 4.79 Å². The van der Waals surface area contributed by atoms with Gasteiger partial charge in [0.05, 0.1) is 31.8 Å². The normalized spacial score (nSPS) is 11.6. The standard InChI is InChI=1S/C52H96O12/c1-4-7-10-13-20-27-34-47(53)39-42-61-52(58)64-45-46(43-62-50(56)37-30-23-18-16-21-28-35-48(54)59-40-32-25-14-11-8-5-2)44-63-51(57)38-31-24-19-17-22-29-36-49(55)60-41-33-26-15-12-9-6-3/h46-47,53H,4-45H2,1-3H3. The van der Waals surface area contributed by atoms with E-state index in [-0.39, 0.29) is 63.1 Å². The Morgan fingerprint density at radius 1 is 0.328 bits per heavy atom. The number of aliphatic hydroxyl groups excluding tert-OH is 1. The topological polar surface area (TPSA) is 161 Å². The first-order valence-electron chi connectivity index (χ1n) is 26.3. The third-order valence-electron chi connectivity index (χ3n) is 11.5. The first kappa shape index (κ1) is 61.1. The van der Waals surface area contributed by atoms with Crippen molar-refractivity contribution in [2.24, 2.45) is 5.92 Å². The summed E-state index contributed by atoms with van der Waals surface area (Å²) in [6, 6.07) is 0. The van der Waals surface area contributed by atoms with E-state index in [1.54, 1.807) is 0 Å². The second-order valence-electron chi connectivity index (χ2n) is 17.9. The lowest BCUT2D eigenvalue weighted by Crippen LogP contribution is -2.27. The Morgan fingerprint density at radius 2 is 0.641 bits per heavy atom. The van der Waals surface area contributed by atoms with Crippen molar-refractivity contribution < 1.29 is 57.5 Å². The van der Waals surface area contributed by atoms with Crippen LogP contribution in [-0.2, 0) is 47.6 Å². The van der Waals surface area contributed by atoms with E-state index in [0.717, 1.165) is 109 Å². The molecule has 0 aromatic heterocycles. The van der Waals surface area contributed by atoms with E-state index >= 15 is 0 Å². The third-order valence-corrected chi connectivity index (χ3v) is 11.5. The summed E-state index contributed by atoms with van der Waals surface area (Å²) >= 11 is 0. The molecule has 1 unspecified atom stereocenters. The Morgan fingerprint density at radius 3 is 1.03 bits per heavy atom. The fraction of sp³-hybridized carbons (Fsp3) is 0.904. The van der Waals surface area contributed by atoms with Crippen LogP contribution < -0.4 is 0 Å². The molecular weight excluding hydrogens is 817 g/mol. The van der Waals surface area contributed by atoms with Gasteiger partial charge in [0.25, 0.3) is 0 Å². The molecule has 12 nitrogen and oxygen atoms in total. The Balaban J connectivity index is 4.43. The van der Waals surface area contributed by atoms with E-state index in [0.29, 0.717) is 51.7 Å². The predicted octanol–water partition coefficient (Wildman–Crippen LogP) is 13.4. The van der Waals surface area contributed by atoms with Crippen molar-refractivity contribution in [1.29, 1.82) is 0 Å². The smallest absolute Gasteiger partial charge is 0.466 e. The molecule has 0 bridgehead atoms. The SMILES string of the molecule is CCCCCCCCOC(=O)CCCCCCCCC(=O)OCC(COC(=O)CCCCCCCCC(=O)OCCCCCCCC)COC(=O)OCCC(O)CCCCCCCC. The molecule has 1 N–H and O–H groups in total. The Kier molecular flexibility index (Phi) is 45.9. The van der Waals surface area contributed by atoms with E-state index in [1.807, 2.05) is 0 Å². The molecule has 0 aliphatic rings. The Bertz CT molecular complexity index is 1040.